The Morgan fingerprint density at radius 1 is 1.29 bits per heavy atom. The molecule has 0 saturated heterocycles. The van der Waals surface area contributed by atoms with E-state index in [0.717, 1.165) is 5.56 Å². The lowest BCUT2D eigenvalue weighted by Crippen LogP contribution is -2.33. The molecular formula is C12H15NO4. The molecule has 0 heterocycles. The first-order valence-corrected chi connectivity index (χ1v) is 5.11. The standard InChI is InChI=1S/C12H15NO4/c1-13(8-12(16)17-2)11(15)7-9-3-5-10(14)6-4-9/h3-6,14H,7-8H2,1-2H3. The number of phenolic OH excluding ortho intramolecular Hbond substituents is 1. The molecule has 0 radical (unpaired) electrons. The summed E-state index contributed by atoms with van der Waals surface area (Å²) in [6.07, 6.45) is 0.188. The quantitative estimate of drug-likeness (QED) is 0.777. The van der Waals surface area contributed by atoms with E-state index in [1.165, 1.54) is 24.1 Å². The number of ether oxygens (including phenoxy) is 1. The molecule has 0 aliphatic heterocycles. The van der Waals surface area contributed by atoms with Gasteiger partial charge in [0.2, 0.25) is 5.91 Å². The zero-order chi connectivity index (χ0) is 12.8. The van der Waals surface area contributed by atoms with E-state index in [4.69, 9.17) is 5.11 Å². The molecule has 1 aromatic rings. The van der Waals surface area contributed by atoms with Gasteiger partial charge >= 0.3 is 5.97 Å². The van der Waals surface area contributed by atoms with E-state index in [2.05, 4.69) is 4.74 Å². The number of benzene rings is 1. The first-order chi connectivity index (χ1) is 8.02. The molecule has 0 spiro atoms. The predicted octanol–water partition coefficient (Wildman–Crippen LogP) is 0.566. The van der Waals surface area contributed by atoms with E-state index in [-0.39, 0.29) is 24.6 Å². The van der Waals surface area contributed by atoms with Crippen molar-refractivity contribution in [1.29, 1.82) is 0 Å². The Bertz CT molecular complexity index is 399. The number of methoxy groups -OCH3 is 1. The number of carbonyl (C=O) groups is 2. The number of hydrogen-bond acceptors (Lipinski definition) is 4. The van der Waals surface area contributed by atoms with E-state index in [0.29, 0.717) is 0 Å². The molecule has 1 N–H and O–H groups in total. The Balaban J connectivity index is 2.54. The van der Waals surface area contributed by atoms with Gasteiger partial charge in [0.05, 0.1) is 13.5 Å². The van der Waals surface area contributed by atoms with Crippen LogP contribution in [0.5, 0.6) is 5.75 Å². The van der Waals surface area contributed by atoms with Crippen molar-refractivity contribution in [2.45, 2.75) is 6.42 Å². The molecule has 92 valence electrons. The van der Waals surface area contributed by atoms with Crippen LogP contribution in [0.4, 0.5) is 0 Å². The maximum Gasteiger partial charge on any atom is 0.325 e. The van der Waals surface area contributed by atoms with Gasteiger partial charge in [-0.25, -0.2) is 0 Å². The second-order valence-electron chi connectivity index (χ2n) is 3.67. The number of likely N-dealkylation sites (N-methyl/N-ethyl adjacent to an activating group) is 1. The van der Waals surface area contributed by atoms with Crippen molar-refractivity contribution in [3.8, 4) is 5.75 Å². The van der Waals surface area contributed by atoms with Gasteiger partial charge in [-0.2, -0.15) is 0 Å². The highest BCUT2D eigenvalue weighted by molar-refractivity contribution is 5.83. The van der Waals surface area contributed by atoms with E-state index in [1.807, 2.05) is 0 Å². The fourth-order valence-electron chi connectivity index (χ4n) is 1.27. The molecule has 0 atom stereocenters. The van der Waals surface area contributed by atoms with Crippen molar-refractivity contribution < 1.29 is 19.4 Å². The molecule has 0 unspecified atom stereocenters. The topological polar surface area (TPSA) is 66.8 Å². The van der Waals surface area contributed by atoms with Crippen LogP contribution in [0.3, 0.4) is 0 Å². The van der Waals surface area contributed by atoms with Gasteiger partial charge in [0, 0.05) is 7.05 Å². The Hall–Kier alpha value is -2.04. The molecule has 0 saturated carbocycles. The Labute approximate surface area is 99.6 Å². The Morgan fingerprint density at radius 3 is 2.41 bits per heavy atom. The highest BCUT2D eigenvalue weighted by Crippen LogP contribution is 2.10. The van der Waals surface area contributed by atoms with Crippen LogP contribution in [0, 0.1) is 0 Å². The Morgan fingerprint density at radius 2 is 1.88 bits per heavy atom. The summed E-state index contributed by atoms with van der Waals surface area (Å²) in [6, 6.07) is 6.37. The van der Waals surface area contributed by atoms with Crippen LogP contribution in [0.25, 0.3) is 0 Å². The van der Waals surface area contributed by atoms with Crippen molar-refractivity contribution in [3.05, 3.63) is 29.8 Å². The van der Waals surface area contributed by atoms with Gasteiger partial charge < -0.3 is 14.7 Å². The number of phenols is 1. The van der Waals surface area contributed by atoms with Crippen molar-refractivity contribution in [3.63, 3.8) is 0 Å². The minimum atomic E-state index is -0.452. The number of hydrogen-bond donors (Lipinski definition) is 1. The second kappa shape index (κ2) is 5.89. The monoisotopic (exact) mass is 237 g/mol. The molecule has 1 aromatic carbocycles. The van der Waals surface area contributed by atoms with Gasteiger partial charge in [0.15, 0.2) is 0 Å². The number of aromatic hydroxyl groups is 1. The third-order valence-electron chi connectivity index (χ3n) is 2.31. The fraction of sp³-hybridized carbons (Fsp3) is 0.333. The van der Waals surface area contributed by atoms with E-state index < -0.39 is 5.97 Å². The molecule has 1 rings (SSSR count). The average molecular weight is 237 g/mol. The number of nitrogens with zero attached hydrogens (tertiary/aromatic N) is 1. The maximum atomic E-state index is 11.7. The minimum absolute atomic E-state index is 0.0621. The van der Waals surface area contributed by atoms with Gasteiger partial charge in [-0.1, -0.05) is 12.1 Å². The van der Waals surface area contributed by atoms with E-state index >= 15 is 0 Å². The molecule has 1 amide bonds. The summed E-state index contributed by atoms with van der Waals surface area (Å²) < 4.78 is 4.47. The highest BCUT2D eigenvalue weighted by Gasteiger charge is 2.13. The lowest BCUT2D eigenvalue weighted by Gasteiger charge is -2.15. The van der Waals surface area contributed by atoms with E-state index in [9.17, 15) is 9.59 Å². The maximum absolute atomic E-state index is 11.7. The summed E-state index contributed by atoms with van der Waals surface area (Å²) >= 11 is 0. The number of rotatable bonds is 4. The minimum Gasteiger partial charge on any atom is -0.508 e. The van der Waals surface area contributed by atoms with Crippen LogP contribution in [0.15, 0.2) is 24.3 Å². The molecule has 0 aliphatic carbocycles. The van der Waals surface area contributed by atoms with Gasteiger partial charge in [-0.05, 0) is 17.7 Å². The van der Waals surface area contributed by atoms with Crippen molar-refractivity contribution in [2.24, 2.45) is 0 Å². The van der Waals surface area contributed by atoms with Crippen molar-refractivity contribution in [2.75, 3.05) is 20.7 Å². The van der Waals surface area contributed by atoms with Gasteiger partial charge in [-0.15, -0.1) is 0 Å². The highest BCUT2D eigenvalue weighted by atomic mass is 16.5. The third kappa shape index (κ3) is 4.14. The molecule has 5 heteroatoms. The molecule has 0 aliphatic rings. The van der Waals surface area contributed by atoms with Crippen LogP contribution in [0.1, 0.15) is 5.56 Å². The molecule has 17 heavy (non-hydrogen) atoms. The normalized spacial score (nSPS) is 9.76. The fourth-order valence-corrected chi connectivity index (χ4v) is 1.27. The van der Waals surface area contributed by atoms with Crippen molar-refractivity contribution >= 4 is 11.9 Å². The van der Waals surface area contributed by atoms with Crippen LogP contribution in [0.2, 0.25) is 0 Å². The molecule has 5 nitrogen and oxygen atoms in total. The first kappa shape index (κ1) is 13.0. The lowest BCUT2D eigenvalue weighted by atomic mass is 10.1. The summed E-state index contributed by atoms with van der Waals surface area (Å²) in [7, 11) is 2.82. The average Bonchev–Trinajstić information content (AvgIpc) is 2.31. The summed E-state index contributed by atoms with van der Waals surface area (Å²) in [6.45, 7) is -0.0621. The van der Waals surface area contributed by atoms with Crippen LogP contribution in [-0.2, 0) is 20.7 Å². The summed E-state index contributed by atoms with van der Waals surface area (Å²) in [5, 5.41) is 9.09. The van der Waals surface area contributed by atoms with Crippen LogP contribution < -0.4 is 0 Å². The third-order valence-corrected chi connectivity index (χ3v) is 2.31. The largest absolute Gasteiger partial charge is 0.508 e. The summed E-state index contributed by atoms with van der Waals surface area (Å²) in [4.78, 5) is 24.0. The van der Waals surface area contributed by atoms with Crippen molar-refractivity contribution in [1.82, 2.24) is 4.90 Å². The van der Waals surface area contributed by atoms with Gasteiger partial charge in [0.1, 0.15) is 12.3 Å². The Kier molecular flexibility index (Phi) is 4.51. The van der Waals surface area contributed by atoms with Gasteiger partial charge in [-0.3, -0.25) is 9.59 Å². The second-order valence-corrected chi connectivity index (χ2v) is 3.67. The van der Waals surface area contributed by atoms with Crippen LogP contribution in [-0.4, -0.2) is 42.6 Å². The van der Waals surface area contributed by atoms with Gasteiger partial charge in [0.25, 0.3) is 0 Å². The molecule has 0 fully saturated rings. The zero-order valence-electron chi connectivity index (χ0n) is 9.84. The zero-order valence-corrected chi connectivity index (χ0v) is 9.84. The lowest BCUT2D eigenvalue weighted by molar-refractivity contribution is -0.145. The smallest absolute Gasteiger partial charge is 0.325 e. The number of esters is 1. The summed E-state index contributed by atoms with van der Waals surface area (Å²) in [5.41, 5.74) is 0.782. The molecular weight excluding hydrogens is 222 g/mol. The predicted molar refractivity (Wildman–Crippen MR) is 61.5 cm³/mol. The number of amides is 1. The number of carbonyl (C=O) groups excluding carboxylic acids is 2. The van der Waals surface area contributed by atoms with Crippen LogP contribution >= 0.6 is 0 Å². The molecule has 0 aromatic heterocycles. The summed E-state index contributed by atoms with van der Waals surface area (Å²) in [5.74, 6) is -0.475. The van der Waals surface area contributed by atoms with E-state index in [1.54, 1.807) is 19.2 Å². The SMILES string of the molecule is COC(=O)CN(C)C(=O)Cc1ccc(O)cc1. The molecule has 0 bridgehead atoms. The first-order valence-electron chi connectivity index (χ1n) is 5.11.